The number of piperidine rings is 2. The molecule has 0 aromatic heterocycles. The van der Waals surface area contributed by atoms with Crippen molar-refractivity contribution in [1.29, 1.82) is 0 Å². The fraction of sp³-hybridized carbons (Fsp3) is 0.682. The third-order valence-corrected chi connectivity index (χ3v) is 7.51. The summed E-state index contributed by atoms with van der Waals surface area (Å²) in [5, 5.41) is 3.09. The first kappa shape index (κ1) is 22.2. The molecular weight excluding hydrogens is 386 g/mol. The normalized spacial score (nSPS) is 25.1. The summed E-state index contributed by atoms with van der Waals surface area (Å²) in [6.07, 6.45) is 3.70. The Labute approximate surface area is 175 Å². The van der Waals surface area contributed by atoms with Crippen LogP contribution in [-0.2, 0) is 27.9 Å². The van der Waals surface area contributed by atoms with Gasteiger partial charge >= 0.3 is 0 Å². The van der Waals surface area contributed by atoms with Crippen molar-refractivity contribution in [3.8, 4) is 0 Å². The lowest BCUT2D eigenvalue weighted by atomic mass is 9.91. The van der Waals surface area contributed by atoms with Crippen molar-refractivity contribution in [2.24, 2.45) is 17.8 Å². The maximum atomic E-state index is 12.6. The third-order valence-electron chi connectivity index (χ3n) is 6.20. The molecule has 2 atom stereocenters. The van der Waals surface area contributed by atoms with E-state index in [1.807, 2.05) is 6.07 Å². The van der Waals surface area contributed by atoms with E-state index in [1.54, 1.807) is 0 Å². The lowest BCUT2D eigenvalue weighted by Gasteiger charge is -2.35. The van der Waals surface area contributed by atoms with Crippen molar-refractivity contribution in [3.63, 3.8) is 0 Å². The number of carbonyl (C=O) groups is 1. The molecule has 2 unspecified atom stereocenters. The molecule has 2 fully saturated rings. The van der Waals surface area contributed by atoms with E-state index < -0.39 is 10.0 Å². The zero-order valence-corrected chi connectivity index (χ0v) is 18.7. The Morgan fingerprint density at radius 1 is 1.07 bits per heavy atom. The van der Waals surface area contributed by atoms with Crippen LogP contribution in [0.3, 0.4) is 0 Å². The second-order valence-electron chi connectivity index (χ2n) is 9.06. The summed E-state index contributed by atoms with van der Waals surface area (Å²) in [7, 11) is -3.16. The van der Waals surface area contributed by atoms with Crippen molar-refractivity contribution in [2.75, 3.05) is 32.4 Å². The predicted molar refractivity (Wildman–Crippen MR) is 116 cm³/mol. The SMILES string of the molecule is CC1CC(C)CN(Cc2ccccc2CNC(=O)C2CCN(S(C)(=O)=O)CC2)C1. The number of hydrogen-bond acceptors (Lipinski definition) is 4. The van der Waals surface area contributed by atoms with Gasteiger partial charge in [-0.15, -0.1) is 0 Å². The van der Waals surface area contributed by atoms with E-state index in [-0.39, 0.29) is 11.8 Å². The van der Waals surface area contributed by atoms with Crippen LogP contribution in [-0.4, -0.2) is 56.0 Å². The van der Waals surface area contributed by atoms with E-state index in [4.69, 9.17) is 0 Å². The minimum Gasteiger partial charge on any atom is -0.352 e. The molecule has 6 nitrogen and oxygen atoms in total. The molecule has 0 spiro atoms. The van der Waals surface area contributed by atoms with Gasteiger partial charge in [0.2, 0.25) is 15.9 Å². The van der Waals surface area contributed by atoms with Crippen LogP contribution in [0.1, 0.15) is 44.2 Å². The molecule has 0 saturated carbocycles. The molecule has 0 aliphatic carbocycles. The molecular formula is C22H35N3O3S. The Bertz CT molecular complexity index is 793. The molecule has 1 amide bonds. The molecule has 162 valence electrons. The van der Waals surface area contributed by atoms with E-state index in [1.165, 1.54) is 28.1 Å². The van der Waals surface area contributed by atoms with Gasteiger partial charge in [-0.1, -0.05) is 38.1 Å². The van der Waals surface area contributed by atoms with Crippen LogP contribution in [0.2, 0.25) is 0 Å². The summed E-state index contributed by atoms with van der Waals surface area (Å²) in [4.78, 5) is 15.2. The molecule has 29 heavy (non-hydrogen) atoms. The van der Waals surface area contributed by atoms with Crippen LogP contribution in [0.4, 0.5) is 0 Å². The lowest BCUT2D eigenvalue weighted by Crippen LogP contribution is -2.42. The van der Waals surface area contributed by atoms with E-state index in [9.17, 15) is 13.2 Å². The highest BCUT2D eigenvalue weighted by atomic mass is 32.2. The number of likely N-dealkylation sites (tertiary alicyclic amines) is 1. The van der Waals surface area contributed by atoms with Gasteiger partial charge in [0, 0.05) is 45.2 Å². The molecule has 2 aliphatic rings. The Balaban J connectivity index is 1.54. The average Bonchev–Trinajstić information content (AvgIpc) is 2.65. The van der Waals surface area contributed by atoms with Crippen molar-refractivity contribution in [2.45, 2.75) is 46.2 Å². The highest BCUT2D eigenvalue weighted by Gasteiger charge is 2.29. The predicted octanol–water partition coefficient (Wildman–Crippen LogP) is 2.45. The molecule has 1 aromatic rings. The summed E-state index contributed by atoms with van der Waals surface area (Å²) < 4.78 is 24.7. The highest BCUT2D eigenvalue weighted by Crippen LogP contribution is 2.24. The van der Waals surface area contributed by atoms with Gasteiger partial charge < -0.3 is 5.32 Å². The van der Waals surface area contributed by atoms with Crippen molar-refractivity contribution in [3.05, 3.63) is 35.4 Å². The quantitative estimate of drug-likeness (QED) is 0.766. The first-order valence-electron chi connectivity index (χ1n) is 10.7. The Morgan fingerprint density at radius 3 is 2.24 bits per heavy atom. The van der Waals surface area contributed by atoms with Crippen LogP contribution in [0.25, 0.3) is 0 Å². The van der Waals surface area contributed by atoms with Gasteiger partial charge in [0.25, 0.3) is 0 Å². The number of benzene rings is 1. The number of nitrogens with one attached hydrogen (secondary N) is 1. The smallest absolute Gasteiger partial charge is 0.223 e. The first-order chi connectivity index (χ1) is 13.7. The Kier molecular flexibility index (Phi) is 7.35. The summed E-state index contributed by atoms with van der Waals surface area (Å²) >= 11 is 0. The first-order valence-corrected chi connectivity index (χ1v) is 12.6. The zero-order valence-electron chi connectivity index (χ0n) is 17.9. The summed E-state index contributed by atoms with van der Waals surface area (Å²) in [6.45, 7) is 9.22. The number of sulfonamides is 1. The number of carbonyl (C=O) groups excluding carboxylic acids is 1. The molecule has 3 rings (SSSR count). The molecule has 2 heterocycles. The van der Waals surface area contributed by atoms with Gasteiger partial charge in [-0.25, -0.2) is 12.7 Å². The molecule has 0 bridgehead atoms. The van der Waals surface area contributed by atoms with Crippen LogP contribution in [0, 0.1) is 17.8 Å². The third kappa shape index (κ3) is 6.27. The Morgan fingerprint density at radius 2 is 1.66 bits per heavy atom. The van der Waals surface area contributed by atoms with Crippen LogP contribution < -0.4 is 5.32 Å². The number of nitrogens with zero attached hydrogens (tertiary/aromatic N) is 2. The maximum Gasteiger partial charge on any atom is 0.223 e. The van der Waals surface area contributed by atoms with Gasteiger partial charge in [0.1, 0.15) is 0 Å². The fourth-order valence-electron chi connectivity index (χ4n) is 4.82. The Hall–Kier alpha value is -1.44. The molecule has 1 aromatic carbocycles. The minimum atomic E-state index is -3.16. The highest BCUT2D eigenvalue weighted by molar-refractivity contribution is 7.88. The maximum absolute atomic E-state index is 12.6. The zero-order chi connectivity index (χ0) is 21.0. The largest absolute Gasteiger partial charge is 0.352 e. The second kappa shape index (κ2) is 9.58. The van der Waals surface area contributed by atoms with E-state index >= 15 is 0 Å². The molecule has 2 aliphatic heterocycles. The van der Waals surface area contributed by atoms with Crippen molar-refractivity contribution < 1.29 is 13.2 Å². The van der Waals surface area contributed by atoms with E-state index in [0.29, 0.717) is 32.5 Å². The van der Waals surface area contributed by atoms with Gasteiger partial charge in [-0.05, 0) is 42.2 Å². The van der Waals surface area contributed by atoms with Gasteiger partial charge in [0.05, 0.1) is 6.26 Å². The molecule has 7 heteroatoms. The second-order valence-corrected chi connectivity index (χ2v) is 11.0. The van der Waals surface area contributed by atoms with Crippen LogP contribution in [0.15, 0.2) is 24.3 Å². The topological polar surface area (TPSA) is 69.7 Å². The van der Waals surface area contributed by atoms with Crippen molar-refractivity contribution >= 4 is 15.9 Å². The van der Waals surface area contributed by atoms with E-state index in [2.05, 4.69) is 42.3 Å². The summed E-state index contributed by atoms with van der Waals surface area (Å²) in [5.41, 5.74) is 2.45. The van der Waals surface area contributed by atoms with Crippen LogP contribution >= 0.6 is 0 Å². The molecule has 1 N–H and O–H groups in total. The number of hydrogen-bond donors (Lipinski definition) is 1. The number of amides is 1. The number of rotatable bonds is 6. The van der Waals surface area contributed by atoms with Gasteiger partial charge in [-0.3, -0.25) is 9.69 Å². The average molecular weight is 422 g/mol. The summed E-state index contributed by atoms with van der Waals surface area (Å²) in [6, 6.07) is 8.35. The summed E-state index contributed by atoms with van der Waals surface area (Å²) in [5.74, 6) is 1.38. The van der Waals surface area contributed by atoms with Crippen LogP contribution in [0.5, 0.6) is 0 Å². The van der Waals surface area contributed by atoms with Crippen molar-refractivity contribution in [1.82, 2.24) is 14.5 Å². The standard InChI is InChI=1S/C22H35N3O3S/c1-17-12-18(2)15-24(14-17)16-21-7-5-4-6-20(21)13-23-22(26)19-8-10-25(11-9-19)29(3,27)28/h4-7,17-19H,8-16H2,1-3H3,(H,23,26). The lowest BCUT2D eigenvalue weighted by molar-refractivity contribution is -0.126. The van der Waals surface area contributed by atoms with Gasteiger partial charge in [0.15, 0.2) is 0 Å². The van der Waals surface area contributed by atoms with E-state index in [0.717, 1.165) is 31.5 Å². The monoisotopic (exact) mass is 421 g/mol. The molecule has 2 saturated heterocycles. The minimum absolute atomic E-state index is 0.0353. The van der Waals surface area contributed by atoms with Gasteiger partial charge in [-0.2, -0.15) is 0 Å². The fourth-order valence-corrected chi connectivity index (χ4v) is 5.70. The molecule has 0 radical (unpaired) electrons.